The Morgan fingerprint density at radius 3 is 2.68 bits per heavy atom. The number of rotatable bonds is 3. The normalized spacial score (nSPS) is 10.5. The Labute approximate surface area is 106 Å². The summed E-state index contributed by atoms with van der Waals surface area (Å²) in [4.78, 5) is 10.5. The first-order valence-electron chi connectivity index (χ1n) is 5.29. The van der Waals surface area contributed by atoms with E-state index in [1.807, 2.05) is 18.2 Å². The van der Waals surface area contributed by atoms with E-state index in [-0.39, 0.29) is 17.2 Å². The van der Waals surface area contributed by atoms with Crippen molar-refractivity contribution in [3.8, 4) is 17.2 Å². The lowest BCUT2D eigenvalue weighted by Crippen LogP contribution is -2.01. The lowest BCUT2D eigenvalue weighted by atomic mass is 10.3. The summed E-state index contributed by atoms with van der Waals surface area (Å²) in [6.45, 7) is 0. The topological polar surface area (TPSA) is 115 Å². The van der Waals surface area contributed by atoms with Crippen molar-refractivity contribution in [2.75, 3.05) is 0 Å². The number of nitro groups is 1. The largest absolute Gasteiger partial charge is 0.318 e. The number of aromatic nitrogens is 6. The average Bonchev–Trinajstić information content (AvgIpc) is 3.08. The average molecular weight is 257 g/mol. The van der Waals surface area contributed by atoms with Crippen LogP contribution in [0.25, 0.3) is 17.2 Å². The smallest absolute Gasteiger partial charge is 0.258 e. The van der Waals surface area contributed by atoms with E-state index >= 15 is 0 Å². The van der Waals surface area contributed by atoms with Crippen LogP contribution in [0.3, 0.4) is 0 Å². The third-order valence-corrected chi connectivity index (χ3v) is 2.50. The van der Waals surface area contributed by atoms with E-state index in [1.165, 1.54) is 10.9 Å². The summed E-state index contributed by atoms with van der Waals surface area (Å²) >= 11 is 0. The van der Waals surface area contributed by atoms with Crippen molar-refractivity contribution < 1.29 is 4.92 Å². The summed E-state index contributed by atoms with van der Waals surface area (Å²) in [5.41, 5.74) is 0.686. The molecule has 0 aliphatic heterocycles. The van der Waals surface area contributed by atoms with Crippen molar-refractivity contribution in [2.45, 2.75) is 0 Å². The van der Waals surface area contributed by atoms with Gasteiger partial charge < -0.3 is 0 Å². The fraction of sp³-hybridized carbons (Fsp3) is 0. The molecule has 0 bridgehead atoms. The van der Waals surface area contributed by atoms with E-state index < -0.39 is 4.92 Å². The predicted molar refractivity (Wildman–Crippen MR) is 63.4 cm³/mol. The fourth-order valence-electron chi connectivity index (χ4n) is 1.71. The molecule has 3 rings (SSSR count). The van der Waals surface area contributed by atoms with Crippen LogP contribution in [0.15, 0.2) is 36.5 Å². The van der Waals surface area contributed by atoms with Gasteiger partial charge in [0.25, 0.3) is 0 Å². The van der Waals surface area contributed by atoms with Crippen LogP contribution < -0.4 is 0 Å². The Morgan fingerprint density at radius 1 is 1.26 bits per heavy atom. The molecular weight excluding hydrogens is 250 g/mol. The van der Waals surface area contributed by atoms with Crippen LogP contribution in [0, 0.1) is 10.1 Å². The Morgan fingerprint density at radius 2 is 2.05 bits per heavy atom. The van der Waals surface area contributed by atoms with Crippen LogP contribution in [0.5, 0.6) is 0 Å². The van der Waals surface area contributed by atoms with Gasteiger partial charge >= 0.3 is 5.69 Å². The first kappa shape index (κ1) is 11.0. The zero-order valence-corrected chi connectivity index (χ0v) is 9.46. The summed E-state index contributed by atoms with van der Waals surface area (Å²) in [5.74, 6) is 0.119. The molecule has 3 aromatic rings. The number of tetrazole rings is 1. The Bertz CT molecular complexity index is 705. The Hall–Kier alpha value is -3.10. The molecule has 0 spiro atoms. The molecule has 9 heteroatoms. The van der Waals surface area contributed by atoms with Gasteiger partial charge in [-0.3, -0.25) is 10.1 Å². The van der Waals surface area contributed by atoms with Crippen molar-refractivity contribution in [1.82, 2.24) is 30.4 Å². The first-order valence-corrected chi connectivity index (χ1v) is 5.29. The summed E-state index contributed by atoms with van der Waals surface area (Å²) in [6.07, 6.45) is 1.17. The number of hydrogen-bond acceptors (Lipinski definition) is 6. The second-order valence-corrected chi connectivity index (χ2v) is 3.62. The van der Waals surface area contributed by atoms with Crippen LogP contribution in [-0.2, 0) is 0 Å². The maximum atomic E-state index is 11.0. The molecule has 0 atom stereocenters. The van der Waals surface area contributed by atoms with E-state index in [0.717, 1.165) is 0 Å². The third kappa shape index (κ3) is 1.82. The predicted octanol–water partition coefficient (Wildman–Crippen LogP) is 0.961. The van der Waals surface area contributed by atoms with Crippen LogP contribution in [-0.4, -0.2) is 35.3 Å². The molecular formula is C10H7N7O2. The van der Waals surface area contributed by atoms with E-state index in [1.54, 1.807) is 12.1 Å². The number of hydrogen-bond donors (Lipinski definition) is 1. The van der Waals surface area contributed by atoms with Crippen molar-refractivity contribution in [2.24, 2.45) is 0 Å². The standard InChI is InChI=1S/C10H7N7O2/c18-17(19)8-6-11-16(7-4-2-1-3-5-7)9(8)10-12-14-15-13-10/h1-6H,(H,12,13,14,15). The molecule has 0 unspecified atom stereocenters. The minimum absolute atomic E-state index is 0.119. The van der Waals surface area contributed by atoms with Gasteiger partial charge in [0.05, 0.1) is 10.6 Å². The first-order chi connectivity index (χ1) is 9.27. The monoisotopic (exact) mass is 257 g/mol. The molecule has 0 saturated heterocycles. The van der Waals surface area contributed by atoms with Gasteiger partial charge in [-0.2, -0.15) is 10.3 Å². The Balaban J connectivity index is 2.24. The zero-order chi connectivity index (χ0) is 13.2. The molecule has 0 fully saturated rings. The SMILES string of the molecule is O=[N+]([O-])c1cnn(-c2ccccc2)c1-c1nn[nH]n1. The lowest BCUT2D eigenvalue weighted by molar-refractivity contribution is -0.384. The fourth-order valence-corrected chi connectivity index (χ4v) is 1.71. The second kappa shape index (κ2) is 4.29. The van der Waals surface area contributed by atoms with Gasteiger partial charge in [-0.25, -0.2) is 4.68 Å². The molecule has 2 aromatic heterocycles. The van der Waals surface area contributed by atoms with E-state index in [4.69, 9.17) is 0 Å². The van der Waals surface area contributed by atoms with Gasteiger partial charge in [0.15, 0.2) is 5.69 Å². The quantitative estimate of drug-likeness (QED) is 0.551. The minimum atomic E-state index is -0.530. The van der Waals surface area contributed by atoms with Gasteiger partial charge in [-0.15, -0.1) is 10.2 Å². The van der Waals surface area contributed by atoms with Gasteiger partial charge in [-0.1, -0.05) is 18.2 Å². The number of benzene rings is 1. The highest BCUT2D eigenvalue weighted by Crippen LogP contribution is 2.28. The molecule has 1 N–H and O–H groups in total. The van der Waals surface area contributed by atoms with Gasteiger partial charge in [0.2, 0.25) is 5.82 Å². The molecule has 0 radical (unpaired) electrons. The maximum absolute atomic E-state index is 11.0. The molecule has 1 aromatic carbocycles. The molecule has 94 valence electrons. The number of H-pyrrole nitrogens is 1. The minimum Gasteiger partial charge on any atom is -0.258 e. The van der Waals surface area contributed by atoms with Gasteiger partial charge in [-0.05, 0) is 17.3 Å². The van der Waals surface area contributed by atoms with Crippen molar-refractivity contribution in [3.63, 3.8) is 0 Å². The Kier molecular flexibility index (Phi) is 2.49. The van der Waals surface area contributed by atoms with Crippen molar-refractivity contribution in [1.29, 1.82) is 0 Å². The van der Waals surface area contributed by atoms with Crippen LogP contribution in [0.4, 0.5) is 5.69 Å². The van der Waals surface area contributed by atoms with E-state index in [0.29, 0.717) is 5.69 Å². The highest BCUT2D eigenvalue weighted by molar-refractivity contribution is 5.65. The lowest BCUT2D eigenvalue weighted by Gasteiger charge is -2.03. The van der Waals surface area contributed by atoms with Crippen LogP contribution in [0.2, 0.25) is 0 Å². The summed E-state index contributed by atoms with van der Waals surface area (Å²) < 4.78 is 1.41. The third-order valence-electron chi connectivity index (χ3n) is 2.50. The van der Waals surface area contributed by atoms with Gasteiger partial charge in [0.1, 0.15) is 6.20 Å². The number of nitrogens with one attached hydrogen (secondary N) is 1. The molecule has 9 nitrogen and oxygen atoms in total. The van der Waals surface area contributed by atoms with Crippen LogP contribution in [0.1, 0.15) is 0 Å². The van der Waals surface area contributed by atoms with E-state index in [9.17, 15) is 10.1 Å². The second-order valence-electron chi connectivity index (χ2n) is 3.62. The molecule has 0 aliphatic rings. The summed E-state index contributed by atoms with van der Waals surface area (Å²) in [5, 5.41) is 28.3. The number of nitrogens with zero attached hydrogens (tertiary/aromatic N) is 6. The van der Waals surface area contributed by atoms with E-state index in [2.05, 4.69) is 25.7 Å². The highest BCUT2D eigenvalue weighted by atomic mass is 16.6. The summed E-state index contributed by atoms with van der Waals surface area (Å²) in [6, 6.07) is 9.02. The molecule has 0 saturated carbocycles. The molecule has 0 amide bonds. The van der Waals surface area contributed by atoms with Crippen molar-refractivity contribution >= 4 is 5.69 Å². The number of para-hydroxylation sites is 1. The zero-order valence-electron chi connectivity index (χ0n) is 9.46. The van der Waals surface area contributed by atoms with Crippen LogP contribution >= 0.6 is 0 Å². The molecule has 2 heterocycles. The maximum Gasteiger partial charge on any atom is 0.318 e. The summed E-state index contributed by atoms with van der Waals surface area (Å²) in [7, 11) is 0. The van der Waals surface area contributed by atoms with Gasteiger partial charge in [0, 0.05) is 0 Å². The number of aromatic amines is 1. The molecule has 0 aliphatic carbocycles. The van der Waals surface area contributed by atoms with Crippen molar-refractivity contribution in [3.05, 3.63) is 46.6 Å². The highest BCUT2D eigenvalue weighted by Gasteiger charge is 2.26. The molecule has 19 heavy (non-hydrogen) atoms.